The van der Waals surface area contributed by atoms with Gasteiger partial charge in [0, 0.05) is 27.2 Å². The van der Waals surface area contributed by atoms with Crippen molar-refractivity contribution < 1.29 is 9.72 Å². The summed E-state index contributed by atoms with van der Waals surface area (Å²) in [6, 6.07) is 9.93. The highest BCUT2D eigenvalue weighted by Gasteiger charge is 2.24. The van der Waals surface area contributed by atoms with Gasteiger partial charge in [-0.3, -0.25) is 24.3 Å². The first-order valence-corrected chi connectivity index (χ1v) is 13.9. The number of thiophene rings is 1. The summed E-state index contributed by atoms with van der Waals surface area (Å²) in [6.07, 6.45) is 3.95. The molecule has 1 aliphatic carbocycles. The smallest absolute Gasteiger partial charge is 0.274 e. The molecule has 0 radical (unpaired) electrons. The SMILES string of the molecule is Cc1ccc(NC(=O)CSc2nc3sc4c(c3c(=O)n2-c2cccc(Cl)c2C)CCCC4)cc1[N+](=O)[O-]. The van der Waals surface area contributed by atoms with Crippen molar-refractivity contribution in [3.05, 3.63) is 83.5 Å². The highest BCUT2D eigenvalue weighted by atomic mass is 35.5. The quantitative estimate of drug-likeness (QED) is 0.131. The summed E-state index contributed by atoms with van der Waals surface area (Å²) in [7, 11) is 0. The number of nitrogens with zero attached hydrogens (tertiary/aromatic N) is 3. The van der Waals surface area contributed by atoms with Gasteiger partial charge < -0.3 is 5.32 Å². The molecule has 8 nitrogen and oxygen atoms in total. The normalized spacial score (nSPS) is 12.9. The molecule has 5 rings (SSSR count). The van der Waals surface area contributed by atoms with Crippen molar-refractivity contribution in [3.8, 4) is 5.69 Å². The number of nitro groups is 1. The van der Waals surface area contributed by atoms with Gasteiger partial charge in [0.25, 0.3) is 11.2 Å². The van der Waals surface area contributed by atoms with Crippen LogP contribution in [-0.2, 0) is 17.6 Å². The summed E-state index contributed by atoms with van der Waals surface area (Å²) in [5, 5.41) is 15.5. The molecule has 11 heteroatoms. The van der Waals surface area contributed by atoms with Gasteiger partial charge in [0.1, 0.15) is 4.83 Å². The summed E-state index contributed by atoms with van der Waals surface area (Å²) < 4.78 is 1.56. The van der Waals surface area contributed by atoms with E-state index >= 15 is 0 Å². The Labute approximate surface area is 225 Å². The van der Waals surface area contributed by atoms with Crippen molar-refractivity contribution in [2.24, 2.45) is 0 Å². The van der Waals surface area contributed by atoms with Gasteiger partial charge in [-0.2, -0.15) is 0 Å². The minimum atomic E-state index is -0.481. The fourth-order valence-electron chi connectivity index (χ4n) is 4.54. The first-order chi connectivity index (χ1) is 17.7. The molecule has 0 spiro atoms. The van der Waals surface area contributed by atoms with Crippen molar-refractivity contribution in [1.29, 1.82) is 0 Å². The minimum absolute atomic E-state index is 0.0374. The van der Waals surface area contributed by atoms with Crippen molar-refractivity contribution in [2.75, 3.05) is 11.1 Å². The predicted molar refractivity (Wildman–Crippen MR) is 149 cm³/mol. The molecule has 0 unspecified atom stereocenters. The first kappa shape index (κ1) is 25.4. The average Bonchev–Trinajstić information content (AvgIpc) is 3.24. The summed E-state index contributed by atoms with van der Waals surface area (Å²) >= 11 is 9.09. The van der Waals surface area contributed by atoms with Gasteiger partial charge in [0.15, 0.2) is 5.16 Å². The van der Waals surface area contributed by atoms with E-state index in [0.717, 1.165) is 48.6 Å². The second-order valence-corrected chi connectivity index (χ2v) is 11.3. The van der Waals surface area contributed by atoms with Crippen LogP contribution in [-0.4, -0.2) is 26.1 Å². The van der Waals surface area contributed by atoms with E-state index in [1.54, 1.807) is 47.1 Å². The number of rotatable bonds is 6. The zero-order chi connectivity index (χ0) is 26.3. The molecular weight excluding hydrogens is 532 g/mol. The lowest BCUT2D eigenvalue weighted by atomic mass is 9.97. The maximum atomic E-state index is 13.9. The third-order valence-corrected chi connectivity index (χ3v) is 8.99. The molecule has 1 N–H and O–H groups in total. The van der Waals surface area contributed by atoms with Crippen LogP contribution in [0.3, 0.4) is 0 Å². The molecule has 0 saturated carbocycles. The van der Waals surface area contributed by atoms with E-state index in [1.165, 1.54) is 10.9 Å². The highest BCUT2D eigenvalue weighted by molar-refractivity contribution is 7.99. The van der Waals surface area contributed by atoms with Crippen LogP contribution in [0.25, 0.3) is 15.9 Å². The molecule has 0 fully saturated rings. The van der Waals surface area contributed by atoms with Crippen LogP contribution in [0.1, 0.15) is 34.4 Å². The van der Waals surface area contributed by atoms with Gasteiger partial charge in [-0.25, -0.2) is 4.98 Å². The first-order valence-electron chi connectivity index (χ1n) is 11.7. The van der Waals surface area contributed by atoms with Gasteiger partial charge in [-0.1, -0.05) is 35.5 Å². The Hall–Kier alpha value is -3.21. The zero-order valence-corrected chi connectivity index (χ0v) is 22.6. The number of aryl methyl sites for hydroxylation is 3. The van der Waals surface area contributed by atoms with Crippen LogP contribution in [0.15, 0.2) is 46.3 Å². The van der Waals surface area contributed by atoms with Gasteiger partial charge in [-0.15, -0.1) is 11.3 Å². The fourth-order valence-corrected chi connectivity index (χ4v) is 6.82. The molecule has 0 aliphatic heterocycles. The van der Waals surface area contributed by atoms with Crippen LogP contribution < -0.4 is 10.9 Å². The Kier molecular flexibility index (Phi) is 7.06. The number of hydrogen-bond acceptors (Lipinski definition) is 7. The largest absolute Gasteiger partial charge is 0.325 e. The van der Waals surface area contributed by atoms with Crippen molar-refractivity contribution in [3.63, 3.8) is 0 Å². The van der Waals surface area contributed by atoms with Crippen LogP contribution in [0.2, 0.25) is 5.02 Å². The number of carbonyl (C=O) groups excluding carboxylic acids is 1. The molecular formula is C26H23ClN4O4S2. The molecule has 0 atom stereocenters. The van der Waals surface area contributed by atoms with E-state index in [1.807, 2.05) is 13.0 Å². The maximum Gasteiger partial charge on any atom is 0.274 e. The van der Waals surface area contributed by atoms with Crippen LogP contribution in [0.5, 0.6) is 0 Å². The van der Waals surface area contributed by atoms with E-state index in [0.29, 0.717) is 37.3 Å². The molecule has 0 saturated heterocycles. The third kappa shape index (κ3) is 4.88. The lowest BCUT2D eigenvalue weighted by Gasteiger charge is -2.16. The molecule has 2 heterocycles. The van der Waals surface area contributed by atoms with Crippen LogP contribution >= 0.6 is 34.7 Å². The van der Waals surface area contributed by atoms with E-state index < -0.39 is 4.92 Å². The van der Waals surface area contributed by atoms with Gasteiger partial charge in [0.2, 0.25) is 5.91 Å². The van der Waals surface area contributed by atoms with Crippen molar-refractivity contribution in [2.45, 2.75) is 44.7 Å². The number of thioether (sulfide) groups is 1. The van der Waals surface area contributed by atoms with E-state index in [4.69, 9.17) is 16.6 Å². The van der Waals surface area contributed by atoms with Crippen LogP contribution in [0, 0.1) is 24.0 Å². The Bertz CT molecular complexity index is 1630. The van der Waals surface area contributed by atoms with Gasteiger partial charge in [-0.05, 0) is 68.9 Å². The maximum absolute atomic E-state index is 13.9. The number of benzene rings is 2. The second kappa shape index (κ2) is 10.3. The van der Waals surface area contributed by atoms with E-state index in [9.17, 15) is 19.7 Å². The molecule has 2 aromatic heterocycles. The number of fused-ring (bicyclic) bond motifs is 3. The topological polar surface area (TPSA) is 107 Å². The molecule has 1 amide bonds. The van der Waals surface area contributed by atoms with Crippen LogP contribution in [0.4, 0.5) is 11.4 Å². The Balaban J connectivity index is 1.52. The average molecular weight is 555 g/mol. The van der Waals surface area contributed by atoms with Gasteiger partial charge in [0.05, 0.1) is 21.7 Å². The fraction of sp³-hybridized carbons (Fsp3) is 0.269. The van der Waals surface area contributed by atoms with Crippen molar-refractivity contribution in [1.82, 2.24) is 9.55 Å². The molecule has 190 valence electrons. The number of carbonyl (C=O) groups is 1. The predicted octanol–water partition coefficient (Wildman–Crippen LogP) is 6.24. The number of nitro benzene ring substituents is 1. The molecule has 4 aromatic rings. The zero-order valence-electron chi connectivity index (χ0n) is 20.2. The number of nitrogens with one attached hydrogen (secondary N) is 1. The Morgan fingerprint density at radius 1 is 1.24 bits per heavy atom. The summed E-state index contributed by atoms with van der Waals surface area (Å²) in [5.41, 5.74) is 3.08. The number of amides is 1. The molecule has 0 bridgehead atoms. The van der Waals surface area contributed by atoms with E-state index in [-0.39, 0.29) is 22.9 Å². The number of anilines is 1. The number of halogens is 1. The van der Waals surface area contributed by atoms with Crippen molar-refractivity contribution >= 4 is 62.2 Å². The summed E-state index contributed by atoms with van der Waals surface area (Å²) in [6.45, 7) is 3.49. The molecule has 37 heavy (non-hydrogen) atoms. The highest BCUT2D eigenvalue weighted by Crippen LogP contribution is 2.36. The lowest BCUT2D eigenvalue weighted by Crippen LogP contribution is -2.24. The number of aromatic nitrogens is 2. The monoisotopic (exact) mass is 554 g/mol. The van der Waals surface area contributed by atoms with Gasteiger partial charge >= 0.3 is 0 Å². The number of hydrogen-bond donors (Lipinski definition) is 1. The van der Waals surface area contributed by atoms with E-state index in [2.05, 4.69) is 5.32 Å². The Morgan fingerprint density at radius 3 is 2.81 bits per heavy atom. The third-order valence-electron chi connectivity index (χ3n) is 6.46. The lowest BCUT2D eigenvalue weighted by molar-refractivity contribution is -0.385. The Morgan fingerprint density at radius 2 is 2.03 bits per heavy atom. The second-order valence-electron chi connectivity index (χ2n) is 8.91. The standard InChI is InChI=1S/C26H23ClN4O4S2/c1-14-10-11-16(12-20(14)31(34)35)28-22(32)13-36-26-29-24-23(17-6-3-4-9-21(17)37-24)25(33)30(26)19-8-5-7-18(27)15(19)2/h5,7-8,10-12H,3-4,6,9,13H2,1-2H3,(H,28,32). The summed E-state index contributed by atoms with van der Waals surface area (Å²) in [5.74, 6) is -0.401. The minimum Gasteiger partial charge on any atom is -0.325 e. The summed E-state index contributed by atoms with van der Waals surface area (Å²) in [4.78, 5) is 44.2. The molecule has 2 aromatic carbocycles. The molecule has 1 aliphatic rings.